The van der Waals surface area contributed by atoms with Gasteiger partial charge >= 0.3 is 5.97 Å². The minimum atomic E-state index is -0.253. The van der Waals surface area contributed by atoms with Gasteiger partial charge in [0, 0.05) is 5.57 Å². The quantitative estimate of drug-likeness (QED) is 0.541. The molecule has 0 aliphatic heterocycles. The number of esters is 1. The molecule has 0 aliphatic rings. The fraction of sp³-hybridized carbons (Fsp3) is 0.250. The highest BCUT2D eigenvalue weighted by Crippen LogP contribution is 2.10. The summed E-state index contributed by atoms with van der Waals surface area (Å²) >= 11 is 0. The van der Waals surface area contributed by atoms with Crippen molar-refractivity contribution in [2.75, 3.05) is 7.11 Å². The second-order valence-corrected chi connectivity index (χ2v) is 2.93. The van der Waals surface area contributed by atoms with E-state index in [9.17, 15) is 4.79 Å². The van der Waals surface area contributed by atoms with Gasteiger partial charge in [-0.15, -0.1) is 0 Å². The summed E-state index contributed by atoms with van der Waals surface area (Å²) < 4.78 is 4.67. The van der Waals surface area contributed by atoms with Crippen molar-refractivity contribution >= 4 is 12.0 Å². The molecular formula is C12H14O2. The number of rotatable bonds is 3. The lowest BCUT2D eigenvalue weighted by molar-refractivity contribution is -0.136. The summed E-state index contributed by atoms with van der Waals surface area (Å²) in [5.41, 5.74) is 1.72. The Morgan fingerprint density at radius 1 is 1.36 bits per heavy atom. The summed E-state index contributed by atoms with van der Waals surface area (Å²) in [5, 5.41) is 0. The highest BCUT2D eigenvalue weighted by molar-refractivity contribution is 5.93. The molecule has 2 heteroatoms. The van der Waals surface area contributed by atoms with Gasteiger partial charge in [0.2, 0.25) is 0 Å². The largest absolute Gasteiger partial charge is 0.466 e. The molecule has 14 heavy (non-hydrogen) atoms. The van der Waals surface area contributed by atoms with Gasteiger partial charge < -0.3 is 4.74 Å². The van der Waals surface area contributed by atoms with Gasteiger partial charge in [0.1, 0.15) is 0 Å². The molecule has 1 aromatic rings. The van der Waals surface area contributed by atoms with E-state index in [4.69, 9.17) is 0 Å². The van der Waals surface area contributed by atoms with E-state index in [1.165, 1.54) is 7.11 Å². The van der Waals surface area contributed by atoms with Gasteiger partial charge in [0.15, 0.2) is 0 Å². The van der Waals surface area contributed by atoms with Crippen LogP contribution in [0.15, 0.2) is 35.9 Å². The predicted molar refractivity (Wildman–Crippen MR) is 56.7 cm³/mol. The third-order valence-electron chi connectivity index (χ3n) is 1.97. The van der Waals surface area contributed by atoms with Crippen LogP contribution in [0.3, 0.4) is 0 Å². The minimum Gasteiger partial charge on any atom is -0.466 e. The van der Waals surface area contributed by atoms with Gasteiger partial charge in [-0.3, -0.25) is 0 Å². The molecule has 0 atom stereocenters. The molecule has 0 radical (unpaired) electrons. The summed E-state index contributed by atoms with van der Waals surface area (Å²) in [4.78, 5) is 11.3. The zero-order valence-corrected chi connectivity index (χ0v) is 8.49. The molecule has 0 fully saturated rings. The molecule has 0 N–H and O–H groups in total. The molecule has 2 nitrogen and oxygen atoms in total. The summed E-state index contributed by atoms with van der Waals surface area (Å²) in [6.45, 7) is 1.94. The third-order valence-corrected chi connectivity index (χ3v) is 1.97. The van der Waals surface area contributed by atoms with Gasteiger partial charge in [-0.05, 0) is 18.1 Å². The molecule has 0 aromatic heterocycles. The second kappa shape index (κ2) is 5.22. The maximum Gasteiger partial charge on any atom is 0.333 e. The maximum absolute atomic E-state index is 11.3. The molecule has 74 valence electrons. The lowest BCUT2D eigenvalue weighted by Gasteiger charge is -2.01. The third kappa shape index (κ3) is 2.73. The van der Waals surface area contributed by atoms with Crippen LogP contribution in [0.2, 0.25) is 0 Å². The van der Waals surface area contributed by atoms with Gasteiger partial charge in [-0.1, -0.05) is 37.3 Å². The molecule has 0 aliphatic carbocycles. The SMILES string of the molecule is CC/C(=C\c1ccccc1)C(=O)OC. The Bertz CT molecular complexity index is 325. The number of hydrogen-bond acceptors (Lipinski definition) is 2. The lowest BCUT2D eigenvalue weighted by atomic mass is 10.1. The normalized spacial score (nSPS) is 11.1. The number of carbonyl (C=O) groups excluding carboxylic acids is 1. The summed E-state index contributed by atoms with van der Waals surface area (Å²) in [6, 6.07) is 9.74. The fourth-order valence-corrected chi connectivity index (χ4v) is 1.19. The first-order chi connectivity index (χ1) is 6.77. The zero-order valence-electron chi connectivity index (χ0n) is 8.49. The Kier molecular flexibility index (Phi) is 3.92. The first-order valence-electron chi connectivity index (χ1n) is 4.62. The smallest absolute Gasteiger partial charge is 0.333 e. The van der Waals surface area contributed by atoms with Crippen LogP contribution in [0.4, 0.5) is 0 Å². The maximum atomic E-state index is 11.3. The molecule has 0 saturated heterocycles. The Balaban J connectivity index is 2.89. The Labute approximate surface area is 84.2 Å². The van der Waals surface area contributed by atoms with E-state index in [0.717, 1.165) is 5.56 Å². The first-order valence-corrected chi connectivity index (χ1v) is 4.62. The van der Waals surface area contributed by atoms with Crippen LogP contribution in [-0.2, 0) is 9.53 Å². The van der Waals surface area contributed by atoms with Crippen LogP contribution >= 0.6 is 0 Å². The number of methoxy groups -OCH3 is 1. The van der Waals surface area contributed by atoms with Gasteiger partial charge in [-0.25, -0.2) is 4.79 Å². The van der Waals surface area contributed by atoms with Crippen molar-refractivity contribution in [2.45, 2.75) is 13.3 Å². The molecule has 0 unspecified atom stereocenters. The van der Waals surface area contributed by atoms with Gasteiger partial charge in [0.25, 0.3) is 0 Å². The van der Waals surface area contributed by atoms with Crippen LogP contribution in [0.1, 0.15) is 18.9 Å². The Morgan fingerprint density at radius 2 is 2.00 bits per heavy atom. The average molecular weight is 190 g/mol. The van der Waals surface area contributed by atoms with E-state index in [1.807, 2.05) is 43.3 Å². The number of ether oxygens (including phenoxy) is 1. The molecule has 0 bridgehead atoms. The fourth-order valence-electron chi connectivity index (χ4n) is 1.19. The van der Waals surface area contributed by atoms with Gasteiger partial charge in [-0.2, -0.15) is 0 Å². The molecule has 1 aromatic carbocycles. The minimum absolute atomic E-state index is 0.253. The Morgan fingerprint density at radius 3 is 2.50 bits per heavy atom. The monoisotopic (exact) mass is 190 g/mol. The van der Waals surface area contributed by atoms with E-state index in [0.29, 0.717) is 12.0 Å². The molecule has 0 saturated carbocycles. The van der Waals surface area contributed by atoms with Crippen molar-refractivity contribution in [3.05, 3.63) is 41.5 Å². The van der Waals surface area contributed by atoms with Crippen molar-refractivity contribution in [1.82, 2.24) is 0 Å². The number of benzene rings is 1. The van der Waals surface area contributed by atoms with E-state index in [1.54, 1.807) is 0 Å². The van der Waals surface area contributed by atoms with E-state index >= 15 is 0 Å². The van der Waals surface area contributed by atoms with E-state index in [2.05, 4.69) is 4.74 Å². The topological polar surface area (TPSA) is 26.3 Å². The summed E-state index contributed by atoms with van der Waals surface area (Å²) in [6.07, 6.45) is 2.54. The average Bonchev–Trinajstić information content (AvgIpc) is 2.26. The standard InChI is InChI=1S/C12H14O2/c1-3-11(12(13)14-2)9-10-7-5-4-6-8-10/h4-9H,3H2,1-2H3/b11-9+. The molecule has 0 amide bonds. The number of hydrogen-bond donors (Lipinski definition) is 0. The molecule has 0 heterocycles. The van der Waals surface area contributed by atoms with Crippen LogP contribution < -0.4 is 0 Å². The van der Waals surface area contributed by atoms with E-state index in [-0.39, 0.29) is 5.97 Å². The molecule has 0 spiro atoms. The molecule has 1 rings (SSSR count). The summed E-state index contributed by atoms with van der Waals surface area (Å²) in [7, 11) is 1.40. The lowest BCUT2D eigenvalue weighted by Crippen LogP contribution is -2.03. The first kappa shape index (κ1) is 10.5. The van der Waals surface area contributed by atoms with Gasteiger partial charge in [0.05, 0.1) is 7.11 Å². The van der Waals surface area contributed by atoms with Crippen molar-refractivity contribution < 1.29 is 9.53 Å². The van der Waals surface area contributed by atoms with Crippen molar-refractivity contribution in [2.24, 2.45) is 0 Å². The summed E-state index contributed by atoms with van der Waals surface area (Å²) in [5.74, 6) is -0.253. The predicted octanol–water partition coefficient (Wildman–Crippen LogP) is 2.65. The Hall–Kier alpha value is -1.57. The van der Waals surface area contributed by atoms with Crippen LogP contribution in [-0.4, -0.2) is 13.1 Å². The molecular weight excluding hydrogens is 176 g/mol. The van der Waals surface area contributed by atoms with Crippen molar-refractivity contribution in [3.8, 4) is 0 Å². The highest BCUT2D eigenvalue weighted by Gasteiger charge is 2.05. The highest BCUT2D eigenvalue weighted by atomic mass is 16.5. The van der Waals surface area contributed by atoms with Crippen LogP contribution in [0, 0.1) is 0 Å². The van der Waals surface area contributed by atoms with Crippen molar-refractivity contribution in [3.63, 3.8) is 0 Å². The van der Waals surface area contributed by atoms with Crippen LogP contribution in [0.5, 0.6) is 0 Å². The van der Waals surface area contributed by atoms with Crippen molar-refractivity contribution in [1.29, 1.82) is 0 Å². The van der Waals surface area contributed by atoms with Crippen LogP contribution in [0.25, 0.3) is 6.08 Å². The number of carbonyl (C=O) groups is 1. The van der Waals surface area contributed by atoms with E-state index < -0.39 is 0 Å². The zero-order chi connectivity index (χ0) is 10.4. The second-order valence-electron chi connectivity index (χ2n) is 2.93.